The lowest BCUT2D eigenvalue weighted by atomic mass is 10.1. The summed E-state index contributed by atoms with van der Waals surface area (Å²) in [5, 5.41) is 2.95. The number of rotatable bonds is 3. The molecule has 1 aromatic carbocycles. The minimum Gasteiger partial charge on any atom is -0.459 e. The van der Waals surface area contributed by atoms with Crippen LogP contribution in [0.1, 0.15) is 21.7 Å². The fourth-order valence-electron chi connectivity index (χ4n) is 2.50. The van der Waals surface area contributed by atoms with Crippen LogP contribution in [0.2, 0.25) is 0 Å². The van der Waals surface area contributed by atoms with E-state index < -0.39 is 6.04 Å². The molecule has 120 valence electrons. The standard InChI is InChI=1S/C17H18N2O3S/c1-11-5-3-6-13(12(11)2)18-16(20)14-9-23-10-19(14)17(21)15-7-4-8-22-15/h3-8,14H,9-10H2,1-2H3,(H,18,20). The van der Waals surface area contributed by atoms with E-state index in [1.165, 1.54) is 6.26 Å². The summed E-state index contributed by atoms with van der Waals surface area (Å²) in [6.45, 7) is 3.98. The van der Waals surface area contributed by atoms with Crippen LogP contribution in [0.15, 0.2) is 41.0 Å². The van der Waals surface area contributed by atoms with Crippen molar-refractivity contribution in [3.05, 3.63) is 53.5 Å². The van der Waals surface area contributed by atoms with Gasteiger partial charge in [-0.2, -0.15) is 0 Å². The Bertz CT molecular complexity index is 727. The number of anilines is 1. The number of carbonyl (C=O) groups excluding carboxylic acids is 2. The number of carbonyl (C=O) groups is 2. The highest BCUT2D eigenvalue weighted by Gasteiger charge is 2.36. The van der Waals surface area contributed by atoms with Gasteiger partial charge in [0.1, 0.15) is 6.04 Å². The molecular weight excluding hydrogens is 312 g/mol. The van der Waals surface area contributed by atoms with Crippen molar-refractivity contribution in [3.63, 3.8) is 0 Å². The molecule has 1 aromatic heterocycles. The highest BCUT2D eigenvalue weighted by molar-refractivity contribution is 7.99. The van der Waals surface area contributed by atoms with E-state index in [1.807, 2.05) is 32.0 Å². The van der Waals surface area contributed by atoms with Crippen LogP contribution in [0.4, 0.5) is 5.69 Å². The molecule has 2 amide bonds. The molecule has 1 fully saturated rings. The first kappa shape index (κ1) is 15.7. The maximum atomic E-state index is 12.6. The molecule has 1 saturated heterocycles. The van der Waals surface area contributed by atoms with Crippen LogP contribution in [0.3, 0.4) is 0 Å². The van der Waals surface area contributed by atoms with E-state index >= 15 is 0 Å². The lowest BCUT2D eigenvalue weighted by Gasteiger charge is -2.22. The average molecular weight is 330 g/mol. The summed E-state index contributed by atoms with van der Waals surface area (Å²) >= 11 is 1.56. The zero-order valence-electron chi connectivity index (χ0n) is 13.0. The number of furan rings is 1. The van der Waals surface area contributed by atoms with Gasteiger partial charge in [0.15, 0.2) is 5.76 Å². The number of benzene rings is 1. The molecule has 0 radical (unpaired) electrons. The molecule has 5 nitrogen and oxygen atoms in total. The predicted octanol–water partition coefficient (Wildman–Crippen LogP) is 3.05. The van der Waals surface area contributed by atoms with E-state index in [4.69, 9.17) is 4.42 Å². The lowest BCUT2D eigenvalue weighted by molar-refractivity contribution is -0.119. The summed E-state index contributed by atoms with van der Waals surface area (Å²) in [6.07, 6.45) is 1.46. The Morgan fingerprint density at radius 3 is 2.83 bits per heavy atom. The van der Waals surface area contributed by atoms with E-state index in [0.717, 1.165) is 16.8 Å². The van der Waals surface area contributed by atoms with Gasteiger partial charge in [0, 0.05) is 11.4 Å². The fourth-order valence-corrected chi connectivity index (χ4v) is 3.66. The van der Waals surface area contributed by atoms with Crippen molar-refractivity contribution in [1.29, 1.82) is 0 Å². The summed E-state index contributed by atoms with van der Waals surface area (Å²) < 4.78 is 5.16. The monoisotopic (exact) mass is 330 g/mol. The highest BCUT2D eigenvalue weighted by atomic mass is 32.2. The first-order valence-corrected chi connectivity index (χ1v) is 8.52. The Morgan fingerprint density at radius 1 is 1.26 bits per heavy atom. The van der Waals surface area contributed by atoms with Gasteiger partial charge in [-0.15, -0.1) is 11.8 Å². The lowest BCUT2D eigenvalue weighted by Crippen LogP contribution is -2.44. The van der Waals surface area contributed by atoms with Gasteiger partial charge in [-0.1, -0.05) is 12.1 Å². The zero-order chi connectivity index (χ0) is 16.4. The van der Waals surface area contributed by atoms with Gasteiger partial charge < -0.3 is 14.6 Å². The van der Waals surface area contributed by atoms with Crippen LogP contribution < -0.4 is 5.32 Å². The molecule has 23 heavy (non-hydrogen) atoms. The second kappa shape index (κ2) is 6.50. The Balaban J connectivity index is 1.76. The molecule has 6 heteroatoms. The molecule has 0 saturated carbocycles. The van der Waals surface area contributed by atoms with Gasteiger partial charge in [-0.05, 0) is 43.2 Å². The molecule has 1 atom stereocenters. The normalized spacial score (nSPS) is 17.3. The zero-order valence-corrected chi connectivity index (χ0v) is 13.9. The van der Waals surface area contributed by atoms with Crippen LogP contribution in [-0.2, 0) is 4.79 Å². The molecule has 0 aliphatic carbocycles. The summed E-state index contributed by atoms with van der Waals surface area (Å²) in [5.74, 6) is 0.926. The van der Waals surface area contributed by atoms with Gasteiger partial charge in [0.2, 0.25) is 5.91 Å². The third kappa shape index (κ3) is 3.12. The molecule has 1 aliphatic heterocycles. The van der Waals surface area contributed by atoms with Crippen LogP contribution in [0, 0.1) is 13.8 Å². The van der Waals surface area contributed by atoms with Gasteiger partial charge >= 0.3 is 0 Å². The van der Waals surface area contributed by atoms with E-state index in [9.17, 15) is 9.59 Å². The van der Waals surface area contributed by atoms with Crippen LogP contribution in [-0.4, -0.2) is 34.4 Å². The minimum absolute atomic E-state index is 0.163. The van der Waals surface area contributed by atoms with Crippen molar-refractivity contribution >= 4 is 29.3 Å². The van der Waals surface area contributed by atoms with Crippen molar-refractivity contribution in [2.45, 2.75) is 19.9 Å². The third-order valence-electron chi connectivity index (χ3n) is 4.04. The largest absolute Gasteiger partial charge is 0.459 e. The molecular formula is C17H18N2O3S. The number of nitrogens with one attached hydrogen (secondary N) is 1. The number of aryl methyl sites for hydroxylation is 1. The fraction of sp³-hybridized carbons (Fsp3) is 0.294. The van der Waals surface area contributed by atoms with Crippen LogP contribution >= 0.6 is 11.8 Å². The van der Waals surface area contributed by atoms with Gasteiger partial charge in [-0.3, -0.25) is 9.59 Å². The Kier molecular flexibility index (Phi) is 4.43. The maximum absolute atomic E-state index is 12.6. The first-order valence-electron chi connectivity index (χ1n) is 7.37. The van der Waals surface area contributed by atoms with Crippen molar-refractivity contribution < 1.29 is 14.0 Å². The topological polar surface area (TPSA) is 62.6 Å². The molecule has 1 unspecified atom stereocenters. The first-order chi connectivity index (χ1) is 11.1. The molecule has 2 aromatic rings. The quantitative estimate of drug-likeness (QED) is 0.939. The molecule has 0 bridgehead atoms. The van der Waals surface area contributed by atoms with Crippen molar-refractivity contribution in [2.75, 3.05) is 16.9 Å². The van der Waals surface area contributed by atoms with Crippen molar-refractivity contribution in [1.82, 2.24) is 4.90 Å². The number of hydrogen-bond acceptors (Lipinski definition) is 4. The maximum Gasteiger partial charge on any atom is 0.290 e. The van der Waals surface area contributed by atoms with E-state index in [0.29, 0.717) is 11.6 Å². The molecule has 2 heterocycles. The summed E-state index contributed by atoms with van der Waals surface area (Å²) in [6, 6.07) is 8.58. The summed E-state index contributed by atoms with van der Waals surface area (Å²) in [7, 11) is 0. The van der Waals surface area contributed by atoms with Crippen molar-refractivity contribution in [3.8, 4) is 0 Å². The third-order valence-corrected chi connectivity index (χ3v) is 5.05. The SMILES string of the molecule is Cc1cccc(NC(=O)C2CSCN2C(=O)c2ccco2)c1C. The predicted molar refractivity (Wildman–Crippen MR) is 90.5 cm³/mol. The Hall–Kier alpha value is -2.21. The summed E-state index contributed by atoms with van der Waals surface area (Å²) in [4.78, 5) is 26.6. The van der Waals surface area contributed by atoms with Crippen LogP contribution in [0.5, 0.6) is 0 Å². The Morgan fingerprint density at radius 2 is 2.09 bits per heavy atom. The van der Waals surface area contributed by atoms with Crippen molar-refractivity contribution in [2.24, 2.45) is 0 Å². The summed E-state index contributed by atoms with van der Waals surface area (Å²) in [5.41, 5.74) is 2.94. The number of thioether (sulfide) groups is 1. The van der Waals surface area contributed by atoms with Crippen LogP contribution in [0.25, 0.3) is 0 Å². The molecule has 1 aliphatic rings. The number of amides is 2. The molecule has 0 spiro atoms. The number of nitrogens with zero attached hydrogens (tertiary/aromatic N) is 1. The van der Waals surface area contributed by atoms with E-state index in [-0.39, 0.29) is 17.6 Å². The second-order valence-corrected chi connectivity index (χ2v) is 6.50. The highest BCUT2D eigenvalue weighted by Crippen LogP contribution is 2.25. The van der Waals surface area contributed by atoms with Gasteiger partial charge in [-0.25, -0.2) is 0 Å². The van der Waals surface area contributed by atoms with Gasteiger partial charge in [0.05, 0.1) is 12.1 Å². The minimum atomic E-state index is -0.488. The van der Waals surface area contributed by atoms with E-state index in [1.54, 1.807) is 28.8 Å². The van der Waals surface area contributed by atoms with E-state index in [2.05, 4.69) is 5.32 Å². The second-order valence-electron chi connectivity index (χ2n) is 5.50. The number of hydrogen-bond donors (Lipinski definition) is 1. The smallest absolute Gasteiger partial charge is 0.290 e. The Labute approximate surface area is 139 Å². The van der Waals surface area contributed by atoms with Gasteiger partial charge in [0.25, 0.3) is 5.91 Å². The molecule has 1 N–H and O–H groups in total. The average Bonchev–Trinajstić information content (AvgIpc) is 3.21. The molecule has 3 rings (SSSR count).